The van der Waals surface area contributed by atoms with E-state index in [0.29, 0.717) is 12.5 Å². The number of H-pyrrole nitrogens is 1. The summed E-state index contributed by atoms with van der Waals surface area (Å²) in [5.41, 5.74) is 11.7. The average Bonchev–Trinajstić information content (AvgIpc) is 3.20. The minimum Gasteiger partial charge on any atom is -0.360 e. The van der Waals surface area contributed by atoms with E-state index in [1.54, 1.807) is 0 Å². The molecule has 6 nitrogen and oxygen atoms in total. The molecule has 6 heteroatoms. The molecule has 1 aromatic heterocycles. The highest BCUT2D eigenvalue weighted by atomic mass is 15.2. The van der Waals surface area contributed by atoms with E-state index >= 15 is 0 Å². The van der Waals surface area contributed by atoms with E-state index < -0.39 is 0 Å². The van der Waals surface area contributed by atoms with Crippen molar-refractivity contribution in [2.45, 2.75) is 18.8 Å². The van der Waals surface area contributed by atoms with Crippen molar-refractivity contribution < 1.29 is 0 Å². The molecule has 1 saturated heterocycles. The fourth-order valence-corrected chi connectivity index (χ4v) is 3.68. The number of anilines is 1. The van der Waals surface area contributed by atoms with E-state index in [-0.39, 0.29) is 0 Å². The summed E-state index contributed by atoms with van der Waals surface area (Å²) in [5, 5.41) is 15.3. The molecule has 0 saturated carbocycles. The molecule has 0 amide bonds. The fraction of sp³-hybridized carbons (Fsp3) is 0.286. The fourth-order valence-electron chi connectivity index (χ4n) is 3.68. The van der Waals surface area contributed by atoms with E-state index in [1.807, 2.05) is 42.7 Å². The lowest BCUT2D eigenvalue weighted by Crippen LogP contribution is -2.34. The third kappa shape index (κ3) is 4.23. The largest absolute Gasteiger partial charge is 0.360 e. The number of fused-ring (bicyclic) bond motifs is 1. The summed E-state index contributed by atoms with van der Waals surface area (Å²) in [4.78, 5) is 2.38. The number of aromatic amines is 1. The molecule has 0 unspecified atom stereocenters. The van der Waals surface area contributed by atoms with Crippen LogP contribution in [0.3, 0.4) is 0 Å². The first kappa shape index (κ1) is 17.4. The van der Waals surface area contributed by atoms with E-state index in [0.717, 1.165) is 48.2 Å². The van der Waals surface area contributed by atoms with E-state index in [4.69, 9.17) is 5.53 Å². The highest BCUT2D eigenvalue weighted by molar-refractivity contribution is 5.78. The second-order valence-corrected chi connectivity index (χ2v) is 7.02. The van der Waals surface area contributed by atoms with Gasteiger partial charge in [-0.1, -0.05) is 30.3 Å². The van der Waals surface area contributed by atoms with Gasteiger partial charge in [-0.3, -0.25) is 10.00 Å². The van der Waals surface area contributed by atoms with Crippen molar-refractivity contribution in [1.82, 2.24) is 15.1 Å². The first-order valence-electron chi connectivity index (χ1n) is 9.35. The van der Waals surface area contributed by atoms with Crippen molar-refractivity contribution in [1.29, 1.82) is 5.53 Å². The average molecular weight is 360 g/mol. The SMILES string of the molecule is N=N/C(=C\Nc1ccccc1)CN1CCC(c2ccc3cn[nH]c3c2)CC1. The number of benzene rings is 2. The molecule has 3 aromatic rings. The monoisotopic (exact) mass is 360 g/mol. The number of hydrogen-bond acceptors (Lipinski definition) is 5. The highest BCUT2D eigenvalue weighted by Gasteiger charge is 2.21. The molecular weight excluding hydrogens is 336 g/mol. The standard InChI is InChI=1S/C21H24N6/c22-25-20(14-23-19-4-2-1-3-5-19)15-27-10-8-16(9-11-27)17-6-7-18-13-24-26-21(18)12-17/h1-7,12-14,16,22-23H,8-11,15H2,(H,24,26)/b20-14-,25-22?. The van der Waals surface area contributed by atoms with Gasteiger partial charge in [0, 0.05) is 23.8 Å². The molecule has 138 valence electrons. The lowest BCUT2D eigenvalue weighted by Gasteiger charge is -2.32. The molecule has 0 spiro atoms. The summed E-state index contributed by atoms with van der Waals surface area (Å²) in [5.74, 6) is 0.580. The molecule has 1 aliphatic heterocycles. The van der Waals surface area contributed by atoms with Crippen LogP contribution in [0, 0.1) is 5.53 Å². The molecule has 0 atom stereocenters. The van der Waals surface area contributed by atoms with Gasteiger partial charge in [0.1, 0.15) is 0 Å². The maximum absolute atomic E-state index is 7.46. The summed E-state index contributed by atoms with van der Waals surface area (Å²) in [7, 11) is 0. The van der Waals surface area contributed by atoms with Crippen LogP contribution in [0.4, 0.5) is 5.69 Å². The second-order valence-electron chi connectivity index (χ2n) is 7.02. The van der Waals surface area contributed by atoms with Gasteiger partial charge in [0.25, 0.3) is 0 Å². The Morgan fingerprint density at radius 2 is 2.04 bits per heavy atom. The van der Waals surface area contributed by atoms with Crippen LogP contribution in [0.15, 0.2) is 71.7 Å². The van der Waals surface area contributed by atoms with Crippen molar-refractivity contribution in [3.63, 3.8) is 0 Å². The Hall–Kier alpha value is -2.99. The van der Waals surface area contributed by atoms with Crippen LogP contribution in [0.5, 0.6) is 0 Å². The number of likely N-dealkylation sites (tertiary alicyclic amines) is 1. The first-order chi connectivity index (χ1) is 13.3. The predicted molar refractivity (Wildman–Crippen MR) is 108 cm³/mol. The van der Waals surface area contributed by atoms with Gasteiger partial charge in [0.2, 0.25) is 0 Å². The van der Waals surface area contributed by atoms with Crippen molar-refractivity contribution in [3.05, 3.63) is 72.2 Å². The zero-order valence-electron chi connectivity index (χ0n) is 15.2. The zero-order valence-corrected chi connectivity index (χ0v) is 15.2. The lowest BCUT2D eigenvalue weighted by molar-refractivity contribution is 0.227. The minimum absolute atomic E-state index is 0.580. The Kier molecular flexibility index (Phi) is 5.25. The van der Waals surface area contributed by atoms with Gasteiger partial charge in [0.15, 0.2) is 0 Å². The molecule has 0 bridgehead atoms. The van der Waals surface area contributed by atoms with Crippen LogP contribution in [0.1, 0.15) is 24.3 Å². The molecule has 3 N–H and O–H groups in total. The smallest absolute Gasteiger partial charge is 0.0923 e. The van der Waals surface area contributed by atoms with Crippen LogP contribution in [-0.2, 0) is 0 Å². The number of rotatable bonds is 6. The Morgan fingerprint density at radius 3 is 2.81 bits per heavy atom. The number of piperidine rings is 1. The van der Waals surface area contributed by atoms with Crippen LogP contribution in [0.2, 0.25) is 0 Å². The minimum atomic E-state index is 0.580. The van der Waals surface area contributed by atoms with Crippen LogP contribution < -0.4 is 5.32 Å². The normalized spacial score (nSPS) is 16.5. The number of nitrogens with zero attached hydrogens (tertiary/aromatic N) is 3. The van der Waals surface area contributed by atoms with Crippen molar-refractivity contribution in [3.8, 4) is 0 Å². The second kappa shape index (κ2) is 8.14. The van der Waals surface area contributed by atoms with Crippen molar-refractivity contribution in [2.24, 2.45) is 5.11 Å². The molecule has 27 heavy (non-hydrogen) atoms. The zero-order chi connectivity index (χ0) is 18.5. The number of hydrogen-bond donors (Lipinski definition) is 3. The summed E-state index contributed by atoms with van der Waals surface area (Å²) >= 11 is 0. The predicted octanol–water partition coefficient (Wildman–Crippen LogP) is 4.73. The first-order valence-corrected chi connectivity index (χ1v) is 9.35. The quantitative estimate of drug-likeness (QED) is 0.556. The number of aromatic nitrogens is 2. The van der Waals surface area contributed by atoms with E-state index in [9.17, 15) is 0 Å². The Bertz CT molecular complexity index is 922. The Balaban J connectivity index is 1.33. The summed E-state index contributed by atoms with van der Waals surface area (Å²) in [6, 6.07) is 16.6. The lowest BCUT2D eigenvalue weighted by atomic mass is 9.89. The van der Waals surface area contributed by atoms with E-state index in [1.165, 1.54) is 5.56 Å². The number of para-hydroxylation sites is 1. The van der Waals surface area contributed by atoms with Crippen LogP contribution in [0.25, 0.3) is 10.9 Å². The van der Waals surface area contributed by atoms with Gasteiger partial charge in [0.05, 0.1) is 17.4 Å². The van der Waals surface area contributed by atoms with Gasteiger partial charge in [-0.05, 0) is 55.6 Å². The molecule has 1 aliphatic rings. The maximum Gasteiger partial charge on any atom is 0.0923 e. The molecule has 2 aromatic carbocycles. The number of nitrogens with one attached hydrogen (secondary N) is 3. The van der Waals surface area contributed by atoms with Crippen molar-refractivity contribution >= 4 is 16.6 Å². The van der Waals surface area contributed by atoms with Gasteiger partial charge in [-0.15, -0.1) is 0 Å². The topological polar surface area (TPSA) is 80.2 Å². The molecule has 0 radical (unpaired) electrons. The summed E-state index contributed by atoms with van der Waals surface area (Å²) in [6.45, 7) is 2.74. The molecule has 0 aliphatic carbocycles. The third-order valence-electron chi connectivity index (χ3n) is 5.23. The Morgan fingerprint density at radius 1 is 1.22 bits per heavy atom. The van der Waals surface area contributed by atoms with Gasteiger partial charge in [-0.2, -0.15) is 10.2 Å². The van der Waals surface area contributed by atoms with Crippen LogP contribution in [-0.4, -0.2) is 34.7 Å². The third-order valence-corrected chi connectivity index (χ3v) is 5.23. The summed E-state index contributed by atoms with van der Waals surface area (Å²) in [6.07, 6.45) is 5.94. The summed E-state index contributed by atoms with van der Waals surface area (Å²) < 4.78 is 0. The van der Waals surface area contributed by atoms with Crippen molar-refractivity contribution in [2.75, 3.05) is 25.0 Å². The van der Waals surface area contributed by atoms with Gasteiger partial charge >= 0.3 is 0 Å². The molecule has 1 fully saturated rings. The molecule has 4 rings (SSSR count). The Labute approximate surface area is 158 Å². The molecule has 2 heterocycles. The molecular formula is C21H24N6. The maximum atomic E-state index is 7.46. The highest BCUT2D eigenvalue weighted by Crippen LogP contribution is 2.30. The van der Waals surface area contributed by atoms with Crippen LogP contribution >= 0.6 is 0 Å². The van der Waals surface area contributed by atoms with E-state index in [2.05, 4.69) is 43.7 Å². The van der Waals surface area contributed by atoms with Gasteiger partial charge in [-0.25, -0.2) is 5.53 Å². The van der Waals surface area contributed by atoms with Gasteiger partial charge < -0.3 is 5.32 Å².